The summed E-state index contributed by atoms with van der Waals surface area (Å²) in [4.78, 5) is 17.3. The summed E-state index contributed by atoms with van der Waals surface area (Å²) in [5, 5.41) is 16.4. The number of hydrogen-bond acceptors (Lipinski definition) is 5. The summed E-state index contributed by atoms with van der Waals surface area (Å²) in [6.07, 6.45) is 0. The largest absolute Gasteiger partial charge is 0.320 e. The fourth-order valence-electron chi connectivity index (χ4n) is 3.10. The normalized spacial score (nSPS) is 11.4. The van der Waals surface area contributed by atoms with Gasteiger partial charge in [-0.05, 0) is 45.0 Å². The number of benzene rings is 1. The summed E-state index contributed by atoms with van der Waals surface area (Å²) in [5.74, 6) is -0.205. The maximum Gasteiger partial charge on any atom is 0.255 e. The number of nitrogens with zero attached hydrogens (tertiary/aromatic N) is 6. The Balaban J connectivity index is 1.68. The second kappa shape index (κ2) is 5.91. The molecule has 0 aliphatic carbocycles. The highest BCUT2D eigenvalue weighted by Gasteiger charge is 2.14. The van der Waals surface area contributed by atoms with Gasteiger partial charge in [-0.3, -0.25) is 9.48 Å². The fourth-order valence-corrected chi connectivity index (χ4v) is 3.10. The number of fused-ring (bicyclic) bond motifs is 2. The Morgan fingerprint density at radius 3 is 2.77 bits per heavy atom. The van der Waals surface area contributed by atoms with Gasteiger partial charge in [0.25, 0.3) is 5.91 Å². The van der Waals surface area contributed by atoms with Crippen molar-refractivity contribution in [3.63, 3.8) is 0 Å². The minimum atomic E-state index is -0.205. The third-order valence-corrected chi connectivity index (χ3v) is 4.51. The molecule has 8 nitrogen and oxygen atoms in total. The molecule has 4 aromatic rings. The van der Waals surface area contributed by atoms with Crippen LogP contribution in [0.5, 0.6) is 0 Å². The Morgan fingerprint density at radius 1 is 1.19 bits per heavy atom. The van der Waals surface area contributed by atoms with E-state index >= 15 is 0 Å². The topological polar surface area (TPSA) is 90.5 Å². The molecule has 0 radical (unpaired) electrons. The maximum absolute atomic E-state index is 12.7. The number of carbonyl (C=O) groups is 1. The van der Waals surface area contributed by atoms with Gasteiger partial charge < -0.3 is 5.32 Å². The molecule has 1 N–H and O–H groups in total. The maximum atomic E-state index is 12.7. The predicted octanol–water partition coefficient (Wildman–Crippen LogP) is 2.60. The van der Waals surface area contributed by atoms with Gasteiger partial charge >= 0.3 is 0 Å². The molecule has 0 bridgehead atoms. The van der Waals surface area contributed by atoms with Crippen LogP contribution in [0.1, 0.15) is 28.7 Å². The molecule has 132 valence electrons. The molecule has 0 aliphatic rings. The number of nitrogens with one attached hydrogen (secondary N) is 1. The van der Waals surface area contributed by atoms with Crippen molar-refractivity contribution in [3.05, 3.63) is 41.2 Å². The van der Waals surface area contributed by atoms with Crippen LogP contribution in [0.2, 0.25) is 0 Å². The zero-order valence-corrected chi connectivity index (χ0v) is 15.1. The third-order valence-electron chi connectivity index (χ3n) is 4.51. The highest BCUT2D eigenvalue weighted by atomic mass is 16.1. The van der Waals surface area contributed by atoms with E-state index in [9.17, 15) is 4.79 Å². The fraction of sp³-hybridized carbons (Fsp3) is 0.278. The Bertz CT molecular complexity index is 1160. The minimum absolute atomic E-state index is 0.205. The molecule has 0 atom stereocenters. The highest BCUT2D eigenvalue weighted by Crippen LogP contribution is 2.23. The van der Waals surface area contributed by atoms with E-state index in [1.807, 2.05) is 40.0 Å². The molecule has 0 fully saturated rings. The number of aryl methyl sites for hydroxylation is 4. The van der Waals surface area contributed by atoms with Crippen molar-refractivity contribution in [2.75, 3.05) is 5.32 Å². The first-order chi connectivity index (χ1) is 12.5. The van der Waals surface area contributed by atoms with Gasteiger partial charge in [0.15, 0.2) is 5.65 Å². The average Bonchev–Trinajstić information content (AvgIpc) is 3.15. The zero-order chi connectivity index (χ0) is 18.4. The lowest BCUT2D eigenvalue weighted by Crippen LogP contribution is -2.13. The summed E-state index contributed by atoms with van der Waals surface area (Å²) >= 11 is 0. The molecule has 0 unspecified atom stereocenters. The van der Waals surface area contributed by atoms with E-state index in [-0.39, 0.29) is 5.91 Å². The molecule has 3 aromatic heterocycles. The lowest BCUT2D eigenvalue weighted by Gasteiger charge is -2.09. The van der Waals surface area contributed by atoms with Crippen LogP contribution in [0.4, 0.5) is 5.69 Å². The van der Waals surface area contributed by atoms with Crippen LogP contribution in [-0.2, 0) is 13.6 Å². The third kappa shape index (κ3) is 2.50. The molecule has 3 heterocycles. The number of amides is 1. The smallest absolute Gasteiger partial charge is 0.255 e. The minimum Gasteiger partial charge on any atom is -0.320 e. The van der Waals surface area contributed by atoms with Gasteiger partial charge in [-0.25, -0.2) is 9.67 Å². The molecule has 0 saturated heterocycles. The molecule has 1 amide bonds. The second-order valence-corrected chi connectivity index (χ2v) is 6.26. The molecule has 0 aliphatic heterocycles. The summed E-state index contributed by atoms with van der Waals surface area (Å²) in [6.45, 7) is 6.53. The van der Waals surface area contributed by atoms with Crippen LogP contribution in [0, 0.1) is 13.8 Å². The van der Waals surface area contributed by atoms with Crippen molar-refractivity contribution in [2.24, 2.45) is 7.05 Å². The van der Waals surface area contributed by atoms with E-state index in [0.717, 1.165) is 34.5 Å². The second-order valence-electron chi connectivity index (χ2n) is 6.26. The highest BCUT2D eigenvalue weighted by molar-refractivity contribution is 6.06. The van der Waals surface area contributed by atoms with E-state index in [1.165, 1.54) is 0 Å². The standard InChI is InChI=1S/C18H19N7O/c1-5-25-16-7-6-12(8-15(16)21-23-25)18(26)20-14-9-13-10(2)22-24(4)17(13)19-11(14)3/h6-9H,5H2,1-4H3,(H,20,26). The molecular formula is C18H19N7O. The van der Waals surface area contributed by atoms with E-state index in [0.29, 0.717) is 16.8 Å². The molecule has 0 spiro atoms. The van der Waals surface area contributed by atoms with Gasteiger partial charge in [0.2, 0.25) is 0 Å². The van der Waals surface area contributed by atoms with Crippen molar-refractivity contribution in [1.29, 1.82) is 0 Å². The Hall–Kier alpha value is -3.29. The predicted molar refractivity (Wildman–Crippen MR) is 99.1 cm³/mol. The van der Waals surface area contributed by atoms with Crippen LogP contribution < -0.4 is 5.32 Å². The summed E-state index contributed by atoms with van der Waals surface area (Å²) in [6, 6.07) is 7.32. The SMILES string of the molecule is CCn1nnc2cc(C(=O)Nc3cc4c(C)nn(C)c4nc3C)ccc21. The molecule has 1 aromatic carbocycles. The van der Waals surface area contributed by atoms with Crippen molar-refractivity contribution in [3.8, 4) is 0 Å². The average molecular weight is 349 g/mol. The number of anilines is 1. The van der Waals surface area contributed by atoms with Crippen LogP contribution >= 0.6 is 0 Å². The Kier molecular flexibility index (Phi) is 3.68. The van der Waals surface area contributed by atoms with Crippen LogP contribution in [0.15, 0.2) is 24.3 Å². The first kappa shape index (κ1) is 16.2. The van der Waals surface area contributed by atoms with Crippen molar-refractivity contribution < 1.29 is 4.79 Å². The first-order valence-electron chi connectivity index (χ1n) is 8.43. The van der Waals surface area contributed by atoms with Crippen molar-refractivity contribution >= 4 is 33.7 Å². The quantitative estimate of drug-likeness (QED) is 0.614. The molecule has 8 heteroatoms. The molecule has 26 heavy (non-hydrogen) atoms. The van der Waals surface area contributed by atoms with E-state index in [1.54, 1.807) is 21.5 Å². The number of hydrogen-bond donors (Lipinski definition) is 1. The number of aromatic nitrogens is 6. The van der Waals surface area contributed by atoms with E-state index < -0.39 is 0 Å². The van der Waals surface area contributed by atoms with Gasteiger partial charge in [-0.15, -0.1) is 5.10 Å². The Morgan fingerprint density at radius 2 is 2.00 bits per heavy atom. The molecule has 0 saturated carbocycles. The lowest BCUT2D eigenvalue weighted by molar-refractivity contribution is 0.102. The first-order valence-corrected chi connectivity index (χ1v) is 8.43. The van der Waals surface area contributed by atoms with Crippen LogP contribution in [0.25, 0.3) is 22.1 Å². The van der Waals surface area contributed by atoms with Gasteiger partial charge in [0, 0.05) is 24.5 Å². The zero-order valence-electron chi connectivity index (χ0n) is 15.1. The number of pyridine rings is 1. The van der Waals surface area contributed by atoms with Crippen molar-refractivity contribution in [2.45, 2.75) is 27.3 Å². The van der Waals surface area contributed by atoms with E-state index in [2.05, 4.69) is 25.7 Å². The van der Waals surface area contributed by atoms with E-state index in [4.69, 9.17) is 0 Å². The van der Waals surface area contributed by atoms with Gasteiger partial charge in [-0.2, -0.15) is 5.10 Å². The van der Waals surface area contributed by atoms with Crippen molar-refractivity contribution in [1.82, 2.24) is 29.8 Å². The number of rotatable bonds is 3. The molecule has 4 rings (SSSR count). The monoisotopic (exact) mass is 349 g/mol. The van der Waals surface area contributed by atoms with Gasteiger partial charge in [0.1, 0.15) is 5.52 Å². The number of carbonyl (C=O) groups excluding carboxylic acids is 1. The summed E-state index contributed by atoms with van der Waals surface area (Å²) in [5.41, 5.74) is 5.24. The van der Waals surface area contributed by atoms with Crippen LogP contribution in [-0.4, -0.2) is 35.7 Å². The summed E-state index contributed by atoms with van der Waals surface area (Å²) < 4.78 is 3.54. The summed E-state index contributed by atoms with van der Waals surface area (Å²) in [7, 11) is 1.86. The Labute approximate surface area is 149 Å². The lowest BCUT2D eigenvalue weighted by atomic mass is 10.1. The van der Waals surface area contributed by atoms with Gasteiger partial charge in [-0.1, -0.05) is 5.21 Å². The van der Waals surface area contributed by atoms with Gasteiger partial charge in [0.05, 0.1) is 22.6 Å². The molecular weight excluding hydrogens is 330 g/mol. The van der Waals surface area contributed by atoms with Crippen LogP contribution in [0.3, 0.4) is 0 Å².